The number of fused-ring (bicyclic) bond motifs is 5. The van der Waals surface area contributed by atoms with Crippen LogP contribution in [0.2, 0.25) is 0 Å². The molecule has 0 aromatic carbocycles. The van der Waals surface area contributed by atoms with Gasteiger partial charge in [0.2, 0.25) is 0 Å². The Labute approximate surface area is 171 Å². The number of cyclic esters (lactones) is 1. The summed E-state index contributed by atoms with van der Waals surface area (Å²) in [6, 6.07) is 0. The maximum Gasteiger partial charge on any atom is 0.331 e. The standard InChI is InChI=1S/C23H32O6/c1-20-6-3-17-18(4-8-22(27)11-15(25)2-7-21(17,22)13-24)23(20,28)9-5-16(20)14-10-19(26)29-12-14/h5,10,15,17-18,24-25,27-28H,2-4,6-9,11-13H2,1H3/t15-,17-,18+,20+,21-,22-,23-/m0/s1. The van der Waals surface area contributed by atoms with Crippen molar-refractivity contribution in [3.63, 3.8) is 0 Å². The van der Waals surface area contributed by atoms with E-state index < -0.39 is 28.1 Å². The van der Waals surface area contributed by atoms with E-state index in [1.165, 1.54) is 0 Å². The summed E-state index contributed by atoms with van der Waals surface area (Å²) in [4.78, 5) is 11.6. The lowest BCUT2D eigenvalue weighted by Gasteiger charge is -2.66. The molecule has 0 spiro atoms. The van der Waals surface area contributed by atoms with E-state index in [2.05, 4.69) is 13.0 Å². The van der Waals surface area contributed by atoms with Crippen molar-refractivity contribution in [1.29, 1.82) is 0 Å². The summed E-state index contributed by atoms with van der Waals surface area (Å²) in [6.07, 6.45) is 7.81. The van der Waals surface area contributed by atoms with Crippen molar-refractivity contribution in [2.75, 3.05) is 13.2 Å². The highest BCUT2D eigenvalue weighted by Gasteiger charge is 2.69. The van der Waals surface area contributed by atoms with Crippen molar-refractivity contribution in [3.8, 4) is 0 Å². The molecule has 0 unspecified atom stereocenters. The van der Waals surface area contributed by atoms with Gasteiger partial charge in [-0.2, -0.15) is 0 Å². The van der Waals surface area contributed by atoms with Gasteiger partial charge in [0.25, 0.3) is 0 Å². The van der Waals surface area contributed by atoms with Gasteiger partial charge < -0.3 is 25.2 Å². The quantitative estimate of drug-likeness (QED) is 0.521. The Kier molecular flexibility index (Phi) is 4.19. The lowest BCUT2D eigenvalue weighted by molar-refractivity contribution is -0.264. The molecule has 6 nitrogen and oxygen atoms in total. The predicted octanol–water partition coefficient (Wildman–Crippen LogP) is 1.61. The number of ether oxygens (including phenoxy) is 1. The number of rotatable bonds is 2. The van der Waals surface area contributed by atoms with Crippen LogP contribution in [0.4, 0.5) is 0 Å². The first kappa shape index (κ1) is 19.7. The molecule has 1 aliphatic heterocycles. The van der Waals surface area contributed by atoms with Gasteiger partial charge in [0, 0.05) is 28.9 Å². The number of carbonyl (C=O) groups excluding carboxylic acids is 1. The van der Waals surface area contributed by atoms with E-state index in [-0.39, 0.29) is 31.0 Å². The van der Waals surface area contributed by atoms with Crippen LogP contribution in [-0.4, -0.2) is 56.9 Å². The zero-order valence-corrected chi connectivity index (χ0v) is 17.1. The van der Waals surface area contributed by atoms with Crippen LogP contribution in [0.25, 0.3) is 0 Å². The van der Waals surface area contributed by atoms with Crippen molar-refractivity contribution >= 4 is 5.97 Å². The molecule has 0 aromatic rings. The predicted molar refractivity (Wildman–Crippen MR) is 105 cm³/mol. The highest BCUT2D eigenvalue weighted by molar-refractivity contribution is 5.86. The zero-order chi connectivity index (χ0) is 20.7. The molecule has 7 atom stereocenters. The Morgan fingerprint density at radius 1 is 1.14 bits per heavy atom. The van der Waals surface area contributed by atoms with Crippen LogP contribution in [0.1, 0.15) is 58.3 Å². The first-order valence-corrected chi connectivity index (χ1v) is 11.0. The molecule has 5 aliphatic rings. The molecule has 160 valence electrons. The fraction of sp³-hybridized carbons (Fsp3) is 0.783. The summed E-state index contributed by atoms with van der Waals surface area (Å²) in [5.41, 5.74) is -1.26. The fourth-order valence-corrected chi connectivity index (χ4v) is 7.92. The van der Waals surface area contributed by atoms with E-state index in [0.29, 0.717) is 38.5 Å². The van der Waals surface area contributed by atoms with Crippen LogP contribution in [-0.2, 0) is 9.53 Å². The molecule has 29 heavy (non-hydrogen) atoms. The van der Waals surface area contributed by atoms with Crippen molar-refractivity contribution in [2.24, 2.45) is 22.7 Å². The minimum atomic E-state index is -1.08. The summed E-state index contributed by atoms with van der Waals surface area (Å²) >= 11 is 0. The van der Waals surface area contributed by atoms with E-state index in [9.17, 15) is 25.2 Å². The van der Waals surface area contributed by atoms with Gasteiger partial charge in [-0.15, -0.1) is 0 Å². The SMILES string of the molecule is C[C@]12CC[C@H]3[C@@H](CC[C@]4(O)C[C@@H](O)CC[C@]34CO)[C@@]1(O)CC=C2C1=CC(=O)OC1. The van der Waals surface area contributed by atoms with Crippen molar-refractivity contribution in [3.05, 3.63) is 23.3 Å². The van der Waals surface area contributed by atoms with E-state index in [4.69, 9.17) is 4.74 Å². The van der Waals surface area contributed by atoms with Gasteiger partial charge in [0.15, 0.2) is 0 Å². The van der Waals surface area contributed by atoms with Crippen LogP contribution >= 0.6 is 0 Å². The smallest absolute Gasteiger partial charge is 0.331 e. The summed E-state index contributed by atoms with van der Waals surface area (Å²) in [5, 5.41) is 44.3. The van der Waals surface area contributed by atoms with E-state index in [0.717, 1.165) is 24.0 Å². The average Bonchev–Trinajstić information content (AvgIpc) is 3.21. The van der Waals surface area contributed by atoms with Gasteiger partial charge in [-0.3, -0.25) is 0 Å². The number of carbonyl (C=O) groups is 1. The van der Waals surface area contributed by atoms with E-state index in [1.807, 2.05) is 0 Å². The van der Waals surface area contributed by atoms with Gasteiger partial charge in [-0.05, 0) is 62.4 Å². The van der Waals surface area contributed by atoms with Crippen molar-refractivity contribution in [1.82, 2.24) is 0 Å². The maximum atomic E-state index is 12.1. The molecular weight excluding hydrogens is 372 g/mol. The number of esters is 1. The first-order chi connectivity index (χ1) is 13.7. The highest BCUT2D eigenvalue weighted by atomic mass is 16.5. The Morgan fingerprint density at radius 2 is 1.90 bits per heavy atom. The average molecular weight is 405 g/mol. The normalized spacial score (nSPS) is 51.5. The molecule has 0 bridgehead atoms. The minimum absolute atomic E-state index is 0.0139. The lowest BCUT2D eigenvalue weighted by atomic mass is 9.41. The Bertz CT molecular complexity index is 803. The third kappa shape index (κ3) is 2.34. The summed E-state index contributed by atoms with van der Waals surface area (Å²) < 4.78 is 5.13. The highest BCUT2D eigenvalue weighted by Crippen LogP contribution is 2.69. The topological polar surface area (TPSA) is 107 Å². The van der Waals surface area contributed by atoms with Gasteiger partial charge in [-0.1, -0.05) is 13.0 Å². The summed E-state index contributed by atoms with van der Waals surface area (Å²) in [7, 11) is 0. The molecule has 4 N–H and O–H groups in total. The van der Waals surface area contributed by atoms with Gasteiger partial charge in [0.1, 0.15) is 6.61 Å². The number of aliphatic hydroxyl groups excluding tert-OH is 2. The Hall–Kier alpha value is -1.21. The van der Waals surface area contributed by atoms with Crippen molar-refractivity contribution < 1.29 is 30.0 Å². The van der Waals surface area contributed by atoms with E-state index in [1.54, 1.807) is 6.08 Å². The second kappa shape index (κ2) is 6.16. The van der Waals surface area contributed by atoms with Crippen LogP contribution in [0.5, 0.6) is 0 Å². The molecule has 0 saturated heterocycles. The number of hydrogen-bond acceptors (Lipinski definition) is 6. The second-order valence-electron chi connectivity index (χ2n) is 10.4. The van der Waals surface area contributed by atoms with E-state index >= 15 is 0 Å². The largest absolute Gasteiger partial charge is 0.458 e. The molecule has 0 aromatic heterocycles. The summed E-state index contributed by atoms with van der Waals surface area (Å²) in [5.74, 6) is -0.340. The lowest BCUT2D eigenvalue weighted by Crippen LogP contribution is -2.69. The van der Waals surface area contributed by atoms with Gasteiger partial charge >= 0.3 is 5.97 Å². The molecule has 5 rings (SSSR count). The maximum absolute atomic E-state index is 12.1. The first-order valence-electron chi connectivity index (χ1n) is 11.0. The second-order valence-corrected chi connectivity index (χ2v) is 10.4. The molecule has 0 radical (unpaired) electrons. The third-order valence-corrected chi connectivity index (χ3v) is 9.51. The molecule has 4 aliphatic carbocycles. The zero-order valence-electron chi connectivity index (χ0n) is 17.1. The van der Waals surface area contributed by atoms with Crippen LogP contribution in [0.3, 0.4) is 0 Å². The minimum Gasteiger partial charge on any atom is -0.458 e. The molecule has 3 saturated carbocycles. The molecule has 1 heterocycles. The third-order valence-electron chi connectivity index (χ3n) is 9.51. The van der Waals surface area contributed by atoms with Crippen molar-refractivity contribution in [2.45, 2.75) is 75.6 Å². The van der Waals surface area contributed by atoms with Gasteiger partial charge in [-0.25, -0.2) is 4.79 Å². The number of hydrogen-bond donors (Lipinski definition) is 4. The van der Waals surface area contributed by atoms with Crippen LogP contribution in [0.15, 0.2) is 23.3 Å². The van der Waals surface area contributed by atoms with Crippen LogP contribution in [0, 0.1) is 22.7 Å². The Morgan fingerprint density at radius 3 is 2.59 bits per heavy atom. The molecule has 0 amide bonds. The van der Waals surface area contributed by atoms with Crippen LogP contribution < -0.4 is 0 Å². The summed E-state index contributed by atoms with van der Waals surface area (Å²) in [6.45, 7) is 2.25. The molecular formula is C23H32O6. The molecule has 3 fully saturated rings. The Balaban J connectivity index is 1.52. The number of aliphatic hydroxyl groups is 4. The van der Waals surface area contributed by atoms with Gasteiger partial charge in [0.05, 0.1) is 23.9 Å². The molecule has 6 heteroatoms. The monoisotopic (exact) mass is 404 g/mol. The fourth-order valence-electron chi connectivity index (χ4n) is 7.92.